The SMILES string of the molecule is O=C(O)CSc1nc(-c2cccc(Cl)c2)c(-c2cccc(Cl)c2)o1. The molecule has 0 bridgehead atoms. The smallest absolute Gasteiger partial charge is 0.314 e. The molecule has 0 spiro atoms. The lowest BCUT2D eigenvalue weighted by molar-refractivity contribution is -0.133. The van der Waals surface area contributed by atoms with Crippen LogP contribution in [-0.4, -0.2) is 21.8 Å². The monoisotopic (exact) mass is 379 g/mol. The van der Waals surface area contributed by atoms with E-state index >= 15 is 0 Å². The summed E-state index contributed by atoms with van der Waals surface area (Å²) in [5, 5.41) is 10.3. The minimum Gasteiger partial charge on any atom is -0.481 e. The highest BCUT2D eigenvalue weighted by Crippen LogP contribution is 2.37. The number of nitrogens with zero attached hydrogens (tertiary/aromatic N) is 1. The minimum absolute atomic E-state index is 0.134. The average Bonchev–Trinajstić information content (AvgIpc) is 2.97. The molecule has 0 aliphatic heterocycles. The van der Waals surface area contributed by atoms with E-state index < -0.39 is 5.97 Å². The Morgan fingerprint density at radius 2 is 1.71 bits per heavy atom. The molecule has 3 aromatic rings. The second-order valence-corrected chi connectivity index (χ2v) is 6.66. The molecule has 0 unspecified atom stereocenters. The number of aromatic nitrogens is 1. The van der Waals surface area contributed by atoms with Gasteiger partial charge in [0.2, 0.25) is 0 Å². The van der Waals surface area contributed by atoms with Gasteiger partial charge in [-0.2, -0.15) is 0 Å². The molecule has 7 heteroatoms. The number of carboxylic acid groups (broad SMARTS) is 1. The Morgan fingerprint density at radius 3 is 2.33 bits per heavy atom. The Labute approximate surface area is 152 Å². The summed E-state index contributed by atoms with van der Waals surface area (Å²) in [6.45, 7) is 0. The van der Waals surface area contributed by atoms with E-state index in [0.29, 0.717) is 21.5 Å². The van der Waals surface area contributed by atoms with Crippen LogP contribution in [0.15, 0.2) is 58.2 Å². The zero-order valence-electron chi connectivity index (χ0n) is 12.2. The van der Waals surface area contributed by atoms with Crippen LogP contribution in [0.1, 0.15) is 0 Å². The van der Waals surface area contributed by atoms with Gasteiger partial charge in [0.15, 0.2) is 5.76 Å². The predicted molar refractivity (Wildman–Crippen MR) is 95.8 cm³/mol. The molecule has 1 aromatic heterocycles. The van der Waals surface area contributed by atoms with E-state index in [4.69, 9.17) is 32.7 Å². The zero-order chi connectivity index (χ0) is 17.1. The molecule has 122 valence electrons. The van der Waals surface area contributed by atoms with Crippen molar-refractivity contribution < 1.29 is 14.3 Å². The van der Waals surface area contributed by atoms with Crippen LogP contribution >= 0.6 is 35.0 Å². The normalized spacial score (nSPS) is 10.8. The average molecular weight is 380 g/mol. The van der Waals surface area contributed by atoms with Gasteiger partial charge in [-0.25, -0.2) is 4.98 Å². The largest absolute Gasteiger partial charge is 0.481 e. The van der Waals surface area contributed by atoms with Crippen LogP contribution in [-0.2, 0) is 4.79 Å². The van der Waals surface area contributed by atoms with Gasteiger partial charge >= 0.3 is 5.97 Å². The molecule has 0 aliphatic carbocycles. The number of aliphatic carboxylic acids is 1. The first-order chi connectivity index (χ1) is 11.5. The fourth-order valence-corrected chi connectivity index (χ4v) is 3.07. The summed E-state index contributed by atoms with van der Waals surface area (Å²) in [4.78, 5) is 15.2. The lowest BCUT2D eigenvalue weighted by Crippen LogP contribution is -1.97. The Morgan fingerprint density at radius 1 is 1.08 bits per heavy atom. The van der Waals surface area contributed by atoms with Crippen molar-refractivity contribution in [2.24, 2.45) is 0 Å². The van der Waals surface area contributed by atoms with Gasteiger partial charge in [-0.05, 0) is 24.3 Å². The summed E-state index contributed by atoms with van der Waals surface area (Å²) in [7, 11) is 0. The van der Waals surface area contributed by atoms with Gasteiger partial charge in [-0.15, -0.1) is 0 Å². The van der Waals surface area contributed by atoms with Gasteiger partial charge in [-0.3, -0.25) is 4.79 Å². The van der Waals surface area contributed by atoms with Gasteiger partial charge in [-0.1, -0.05) is 59.2 Å². The number of thioether (sulfide) groups is 1. The lowest BCUT2D eigenvalue weighted by Gasteiger charge is -2.02. The predicted octanol–water partition coefficient (Wildman–Crippen LogP) is 5.49. The molecule has 1 N–H and O–H groups in total. The quantitative estimate of drug-likeness (QED) is 0.593. The summed E-state index contributed by atoms with van der Waals surface area (Å²) in [5.41, 5.74) is 2.13. The summed E-state index contributed by atoms with van der Waals surface area (Å²) in [6, 6.07) is 14.4. The van der Waals surface area contributed by atoms with Crippen LogP contribution in [0.4, 0.5) is 0 Å². The van der Waals surface area contributed by atoms with Crippen molar-refractivity contribution in [3.8, 4) is 22.6 Å². The summed E-state index contributed by atoms with van der Waals surface area (Å²) < 4.78 is 5.79. The molecule has 3 rings (SSSR count). The number of oxazole rings is 1. The number of hydrogen-bond donors (Lipinski definition) is 1. The van der Waals surface area contributed by atoms with Crippen molar-refractivity contribution in [2.75, 3.05) is 5.75 Å². The lowest BCUT2D eigenvalue weighted by atomic mass is 10.1. The van der Waals surface area contributed by atoms with E-state index in [2.05, 4.69) is 4.98 Å². The van der Waals surface area contributed by atoms with Gasteiger partial charge < -0.3 is 9.52 Å². The van der Waals surface area contributed by atoms with Gasteiger partial charge in [0.25, 0.3) is 5.22 Å². The van der Waals surface area contributed by atoms with Crippen molar-refractivity contribution in [1.82, 2.24) is 4.98 Å². The van der Waals surface area contributed by atoms with E-state index in [1.807, 2.05) is 24.3 Å². The molecule has 0 amide bonds. The molecule has 0 aliphatic rings. The molecule has 24 heavy (non-hydrogen) atoms. The van der Waals surface area contributed by atoms with Crippen molar-refractivity contribution >= 4 is 40.9 Å². The maximum Gasteiger partial charge on any atom is 0.314 e. The first-order valence-electron chi connectivity index (χ1n) is 6.90. The standard InChI is InChI=1S/C17H11Cl2NO3S/c18-12-5-1-3-10(7-12)15-16(11-4-2-6-13(19)8-11)23-17(20-15)24-9-14(21)22/h1-8H,9H2,(H,21,22). The minimum atomic E-state index is -0.938. The summed E-state index contributed by atoms with van der Waals surface area (Å²) in [6.07, 6.45) is 0. The van der Waals surface area contributed by atoms with Crippen LogP contribution in [0.25, 0.3) is 22.6 Å². The second kappa shape index (κ2) is 7.30. The highest BCUT2D eigenvalue weighted by atomic mass is 35.5. The van der Waals surface area contributed by atoms with E-state index in [1.54, 1.807) is 24.3 Å². The Bertz CT molecular complexity index is 832. The van der Waals surface area contributed by atoms with E-state index in [9.17, 15) is 4.79 Å². The van der Waals surface area contributed by atoms with Crippen molar-refractivity contribution in [3.05, 3.63) is 58.6 Å². The van der Waals surface area contributed by atoms with Crippen molar-refractivity contribution in [3.63, 3.8) is 0 Å². The van der Waals surface area contributed by atoms with Gasteiger partial charge in [0.05, 0.1) is 0 Å². The number of hydrogen-bond acceptors (Lipinski definition) is 4. The molecule has 0 fully saturated rings. The molecular formula is C17H11Cl2NO3S. The molecular weight excluding hydrogens is 369 g/mol. The Balaban J connectivity index is 2.09. The fourth-order valence-electron chi connectivity index (χ4n) is 2.14. The molecule has 1 heterocycles. The van der Waals surface area contributed by atoms with Crippen LogP contribution < -0.4 is 0 Å². The molecule has 0 saturated heterocycles. The number of carbonyl (C=O) groups is 1. The third-order valence-electron chi connectivity index (χ3n) is 3.11. The van der Waals surface area contributed by atoms with Crippen LogP contribution in [0, 0.1) is 0 Å². The first-order valence-corrected chi connectivity index (χ1v) is 8.64. The number of rotatable bonds is 5. The highest BCUT2D eigenvalue weighted by Gasteiger charge is 2.18. The van der Waals surface area contributed by atoms with Crippen LogP contribution in [0.3, 0.4) is 0 Å². The number of carboxylic acids is 1. The summed E-state index contributed by atoms with van der Waals surface area (Å²) >= 11 is 13.1. The molecule has 4 nitrogen and oxygen atoms in total. The Hall–Kier alpha value is -1.95. The third kappa shape index (κ3) is 3.93. The Kier molecular flexibility index (Phi) is 5.14. The first kappa shape index (κ1) is 16.9. The maximum atomic E-state index is 10.8. The van der Waals surface area contributed by atoms with E-state index in [-0.39, 0.29) is 11.0 Å². The van der Waals surface area contributed by atoms with E-state index in [0.717, 1.165) is 22.9 Å². The van der Waals surface area contributed by atoms with Crippen LogP contribution in [0.2, 0.25) is 10.0 Å². The molecule has 2 aromatic carbocycles. The van der Waals surface area contributed by atoms with E-state index in [1.165, 1.54) is 0 Å². The highest BCUT2D eigenvalue weighted by molar-refractivity contribution is 7.99. The van der Waals surface area contributed by atoms with Crippen molar-refractivity contribution in [1.29, 1.82) is 0 Å². The topological polar surface area (TPSA) is 63.3 Å². The maximum absolute atomic E-state index is 10.8. The second-order valence-electron chi connectivity index (χ2n) is 4.86. The third-order valence-corrected chi connectivity index (χ3v) is 4.39. The number of halogens is 2. The van der Waals surface area contributed by atoms with Crippen LogP contribution in [0.5, 0.6) is 0 Å². The van der Waals surface area contributed by atoms with Crippen molar-refractivity contribution in [2.45, 2.75) is 5.22 Å². The van der Waals surface area contributed by atoms with Gasteiger partial charge in [0, 0.05) is 21.2 Å². The van der Waals surface area contributed by atoms with Gasteiger partial charge in [0.1, 0.15) is 11.4 Å². The molecule has 0 saturated carbocycles. The molecule has 0 radical (unpaired) electrons. The molecule has 0 atom stereocenters. The zero-order valence-corrected chi connectivity index (χ0v) is 14.5. The fraction of sp³-hybridized carbons (Fsp3) is 0.0588. The summed E-state index contributed by atoms with van der Waals surface area (Å²) in [5.74, 6) is -0.552. The number of benzene rings is 2.